The van der Waals surface area contributed by atoms with Crippen molar-refractivity contribution in [2.45, 2.75) is 0 Å². The van der Waals surface area contributed by atoms with Gasteiger partial charge in [-0.2, -0.15) is 5.10 Å². The summed E-state index contributed by atoms with van der Waals surface area (Å²) in [4.78, 5) is 4.62. The van der Waals surface area contributed by atoms with Gasteiger partial charge in [-0.3, -0.25) is 5.10 Å². The van der Waals surface area contributed by atoms with Crippen LogP contribution < -0.4 is 0 Å². The molecule has 0 fully saturated rings. The molecule has 1 N–H and O–H groups in total. The first-order valence-electron chi connectivity index (χ1n) is 6.95. The zero-order valence-electron chi connectivity index (χ0n) is 11.9. The molecule has 0 atom stereocenters. The van der Waals surface area contributed by atoms with Gasteiger partial charge in [0, 0.05) is 40.3 Å². The zero-order valence-corrected chi connectivity index (χ0v) is 12.7. The number of aryl methyl sites for hydroxylation is 1. The van der Waals surface area contributed by atoms with Crippen molar-refractivity contribution in [2.24, 2.45) is 7.05 Å². The molecule has 22 heavy (non-hydrogen) atoms. The Bertz CT molecular complexity index is 950. The molecule has 108 valence electrons. The van der Waals surface area contributed by atoms with Crippen LogP contribution in [0.15, 0.2) is 54.7 Å². The molecule has 0 amide bonds. The Morgan fingerprint density at radius 1 is 1.05 bits per heavy atom. The van der Waals surface area contributed by atoms with E-state index in [1.54, 1.807) is 0 Å². The summed E-state index contributed by atoms with van der Waals surface area (Å²) in [7, 11) is 2.03. The van der Waals surface area contributed by atoms with E-state index in [9.17, 15) is 0 Å². The van der Waals surface area contributed by atoms with E-state index >= 15 is 0 Å². The molecule has 2 aromatic carbocycles. The minimum absolute atomic E-state index is 0.666. The lowest BCUT2D eigenvalue weighted by molar-refractivity contribution is 0.968. The SMILES string of the molecule is Cn1cc(-c2nc(-c3ccc(Cl)cc3)n[nH]2)c2ccccc21. The molecule has 0 unspecified atom stereocenters. The largest absolute Gasteiger partial charge is 0.350 e. The summed E-state index contributed by atoms with van der Waals surface area (Å²) in [5.74, 6) is 1.43. The first kappa shape index (κ1) is 13.1. The highest BCUT2D eigenvalue weighted by molar-refractivity contribution is 6.30. The number of aromatic nitrogens is 4. The van der Waals surface area contributed by atoms with E-state index in [1.807, 2.05) is 43.4 Å². The van der Waals surface area contributed by atoms with E-state index in [0.29, 0.717) is 10.8 Å². The Kier molecular flexibility index (Phi) is 2.98. The molecular formula is C17H13ClN4. The summed E-state index contributed by atoms with van der Waals surface area (Å²) in [6, 6.07) is 15.8. The van der Waals surface area contributed by atoms with Gasteiger partial charge in [0.05, 0.1) is 0 Å². The molecule has 0 spiro atoms. The van der Waals surface area contributed by atoms with E-state index in [1.165, 1.54) is 5.52 Å². The number of H-pyrrole nitrogens is 1. The van der Waals surface area contributed by atoms with E-state index in [0.717, 1.165) is 22.3 Å². The van der Waals surface area contributed by atoms with Crippen LogP contribution in [0.25, 0.3) is 33.7 Å². The van der Waals surface area contributed by atoms with Crippen molar-refractivity contribution in [1.82, 2.24) is 19.7 Å². The smallest absolute Gasteiger partial charge is 0.181 e. The van der Waals surface area contributed by atoms with Gasteiger partial charge < -0.3 is 4.57 Å². The molecule has 0 radical (unpaired) electrons. The third kappa shape index (κ3) is 2.09. The van der Waals surface area contributed by atoms with Crippen LogP contribution in [0.3, 0.4) is 0 Å². The zero-order chi connectivity index (χ0) is 15.1. The maximum absolute atomic E-state index is 5.92. The first-order valence-corrected chi connectivity index (χ1v) is 7.33. The minimum Gasteiger partial charge on any atom is -0.350 e. The Morgan fingerprint density at radius 2 is 1.82 bits per heavy atom. The van der Waals surface area contributed by atoms with Crippen molar-refractivity contribution in [1.29, 1.82) is 0 Å². The molecule has 4 aromatic rings. The molecule has 0 saturated carbocycles. The molecule has 4 rings (SSSR count). The van der Waals surface area contributed by atoms with E-state index < -0.39 is 0 Å². The topological polar surface area (TPSA) is 46.5 Å². The predicted molar refractivity (Wildman–Crippen MR) is 88.7 cm³/mol. The van der Waals surface area contributed by atoms with Gasteiger partial charge >= 0.3 is 0 Å². The van der Waals surface area contributed by atoms with Crippen LogP contribution in [0, 0.1) is 0 Å². The quantitative estimate of drug-likeness (QED) is 0.600. The summed E-state index contributed by atoms with van der Waals surface area (Å²) >= 11 is 5.92. The Labute approximate surface area is 132 Å². The molecule has 4 nitrogen and oxygen atoms in total. The number of fused-ring (bicyclic) bond motifs is 1. The predicted octanol–water partition coefficient (Wildman–Crippen LogP) is 4.28. The molecule has 2 heterocycles. The van der Waals surface area contributed by atoms with E-state index in [-0.39, 0.29) is 0 Å². The van der Waals surface area contributed by atoms with Crippen molar-refractivity contribution in [3.8, 4) is 22.8 Å². The van der Waals surface area contributed by atoms with Gasteiger partial charge in [0.15, 0.2) is 11.6 Å². The Hall–Kier alpha value is -2.59. The average Bonchev–Trinajstić information content (AvgIpc) is 3.14. The summed E-state index contributed by atoms with van der Waals surface area (Å²) in [5.41, 5.74) is 3.15. The second-order valence-corrected chi connectivity index (χ2v) is 5.62. The van der Waals surface area contributed by atoms with Crippen LogP contribution in [0.5, 0.6) is 0 Å². The first-order chi connectivity index (χ1) is 10.7. The number of hydrogen-bond donors (Lipinski definition) is 1. The number of benzene rings is 2. The van der Waals surface area contributed by atoms with Gasteiger partial charge in [-0.1, -0.05) is 29.8 Å². The highest BCUT2D eigenvalue weighted by Crippen LogP contribution is 2.29. The number of hydrogen-bond acceptors (Lipinski definition) is 2. The molecule has 0 aliphatic carbocycles. The van der Waals surface area contributed by atoms with Gasteiger partial charge in [0.25, 0.3) is 0 Å². The van der Waals surface area contributed by atoms with Crippen molar-refractivity contribution < 1.29 is 0 Å². The highest BCUT2D eigenvalue weighted by Gasteiger charge is 2.13. The molecule has 0 aliphatic rings. The van der Waals surface area contributed by atoms with Crippen molar-refractivity contribution in [3.05, 3.63) is 59.8 Å². The van der Waals surface area contributed by atoms with Gasteiger partial charge in [-0.25, -0.2) is 4.98 Å². The second-order valence-electron chi connectivity index (χ2n) is 5.19. The molecule has 0 bridgehead atoms. The fourth-order valence-electron chi connectivity index (χ4n) is 2.64. The Balaban J connectivity index is 1.82. The van der Waals surface area contributed by atoms with Crippen LogP contribution >= 0.6 is 11.6 Å². The van der Waals surface area contributed by atoms with Crippen LogP contribution in [-0.4, -0.2) is 19.7 Å². The third-order valence-electron chi connectivity index (χ3n) is 3.74. The summed E-state index contributed by atoms with van der Waals surface area (Å²) in [6.07, 6.45) is 2.07. The molecule has 5 heteroatoms. The monoisotopic (exact) mass is 308 g/mol. The van der Waals surface area contributed by atoms with Gasteiger partial charge in [-0.15, -0.1) is 0 Å². The summed E-state index contributed by atoms with van der Waals surface area (Å²) < 4.78 is 2.09. The van der Waals surface area contributed by atoms with Crippen LogP contribution in [0.2, 0.25) is 5.02 Å². The number of rotatable bonds is 2. The fraction of sp³-hybridized carbons (Fsp3) is 0.0588. The highest BCUT2D eigenvalue weighted by atomic mass is 35.5. The number of aromatic amines is 1. The second kappa shape index (κ2) is 5.00. The lowest BCUT2D eigenvalue weighted by atomic mass is 10.1. The average molecular weight is 309 g/mol. The number of nitrogens with zero attached hydrogens (tertiary/aromatic N) is 3. The standard InChI is InChI=1S/C17H13ClN4/c1-22-10-14(13-4-2-3-5-15(13)22)17-19-16(20-21-17)11-6-8-12(18)9-7-11/h2-10H,1H3,(H,19,20,21). The van der Waals surface area contributed by atoms with Crippen molar-refractivity contribution in [3.63, 3.8) is 0 Å². The molecule has 2 aromatic heterocycles. The minimum atomic E-state index is 0.666. The Morgan fingerprint density at radius 3 is 2.64 bits per heavy atom. The van der Waals surface area contributed by atoms with E-state index in [4.69, 9.17) is 11.6 Å². The van der Waals surface area contributed by atoms with Crippen LogP contribution in [0.1, 0.15) is 0 Å². The van der Waals surface area contributed by atoms with Crippen molar-refractivity contribution in [2.75, 3.05) is 0 Å². The maximum Gasteiger partial charge on any atom is 0.181 e. The van der Waals surface area contributed by atoms with Gasteiger partial charge in [0.1, 0.15) is 0 Å². The molecule has 0 saturated heterocycles. The van der Waals surface area contributed by atoms with E-state index in [2.05, 4.69) is 38.1 Å². The lowest BCUT2D eigenvalue weighted by Gasteiger charge is -1.95. The summed E-state index contributed by atoms with van der Waals surface area (Å²) in [6.45, 7) is 0. The third-order valence-corrected chi connectivity index (χ3v) is 3.99. The number of nitrogens with one attached hydrogen (secondary N) is 1. The number of halogens is 1. The van der Waals surface area contributed by atoms with Crippen LogP contribution in [0.4, 0.5) is 0 Å². The maximum atomic E-state index is 5.92. The number of para-hydroxylation sites is 1. The van der Waals surface area contributed by atoms with Crippen LogP contribution in [-0.2, 0) is 7.05 Å². The molecular weight excluding hydrogens is 296 g/mol. The van der Waals surface area contributed by atoms with Crippen molar-refractivity contribution >= 4 is 22.5 Å². The lowest BCUT2D eigenvalue weighted by Crippen LogP contribution is -1.82. The summed E-state index contributed by atoms with van der Waals surface area (Å²) in [5, 5.41) is 9.21. The molecule has 0 aliphatic heterocycles. The normalized spacial score (nSPS) is 11.2. The van der Waals surface area contributed by atoms with Gasteiger partial charge in [-0.05, 0) is 30.3 Å². The van der Waals surface area contributed by atoms with Gasteiger partial charge in [0.2, 0.25) is 0 Å². The fourth-order valence-corrected chi connectivity index (χ4v) is 2.77.